The molecular formula is C19H22N2O4. The Bertz CT molecular complexity index is 759. The molecule has 0 aliphatic carbocycles. The molecule has 0 aliphatic heterocycles. The number of hydrogen-bond acceptors (Lipinski definition) is 4. The standard InChI is InChI=1S/C19H22N2O4/c1-3-4-11-20-16-8-6-5-7-14(16)18(22)21-17-10-9-13(25-2)12-15(17)19(23)24/h5-10,12,20H,3-4,11H2,1-2H3,(H,21,22)(H,23,24). The number of rotatable bonds is 8. The summed E-state index contributed by atoms with van der Waals surface area (Å²) in [5.41, 5.74) is 1.38. The first kappa shape index (κ1) is 18.3. The fraction of sp³-hybridized carbons (Fsp3) is 0.263. The van der Waals surface area contributed by atoms with Gasteiger partial charge in [0.1, 0.15) is 5.75 Å². The van der Waals surface area contributed by atoms with E-state index in [1.54, 1.807) is 18.2 Å². The first-order chi connectivity index (χ1) is 12.1. The van der Waals surface area contributed by atoms with Crippen LogP contribution in [0.15, 0.2) is 42.5 Å². The second kappa shape index (κ2) is 8.73. The van der Waals surface area contributed by atoms with E-state index in [-0.39, 0.29) is 17.2 Å². The lowest BCUT2D eigenvalue weighted by atomic mass is 10.1. The summed E-state index contributed by atoms with van der Waals surface area (Å²) >= 11 is 0. The van der Waals surface area contributed by atoms with Crippen molar-refractivity contribution in [1.82, 2.24) is 0 Å². The van der Waals surface area contributed by atoms with E-state index in [9.17, 15) is 14.7 Å². The molecule has 0 fully saturated rings. The van der Waals surface area contributed by atoms with E-state index in [1.807, 2.05) is 12.1 Å². The van der Waals surface area contributed by atoms with Crippen molar-refractivity contribution < 1.29 is 19.4 Å². The molecule has 0 heterocycles. The number of ether oxygens (including phenoxy) is 1. The van der Waals surface area contributed by atoms with Gasteiger partial charge in [0, 0.05) is 12.2 Å². The van der Waals surface area contributed by atoms with Crippen molar-refractivity contribution in [2.75, 3.05) is 24.3 Å². The molecule has 132 valence electrons. The van der Waals surface area contributed by atoms with Crippen LogP contribution in [-0.4, -0.2) is 30.6 Å². The average molecular weight is 342 g/mol. The number of amides is 1. The number of para-hydroxylation sites is 1. The normalized spacial score (nSPS) is 10.2. The van der Waals surface area contributed by atoms with Gasteiger partial charge in [0.2, 0.25) is 0 Å². The predicted octanol–water partition coefficient (Wildman–Crippen LogP) is 3.86. The van der Waals surface area contributed by atoms with Gasteiger partial charge in [0.15, 0.2) is 0 Å². The second-order valence-electron chi connectivity index (χ2n) is 5.50. The van der Waals surface area contributed by atoms with Crippen molar-refractivity contribution in [1.29, 1.82) is 0 Å². The van der Waals surface area contributed by atoms with Gasteiger partial charge < -0.3 is 20.5 Å². The molecule has 2 aromatic rings. The molecule has 6 heteroatoms. The van der Waals surface area contributed by atoms with Gasteiger partial charge in [0.05, 0.1) is 23.9 Å². The number of carbonyl (C=O) groups is 2. The molecule has 0 spiro atoms. The van der Waals surface area contributed by atoms with Crippen molar-refractivity contribution in [2.45, 2.75) is 19.8 Å². The highest BCUT2D eigenvalue weighted by molar-refractivity contribution is 6.10. The third-order valence-electron chi connectivity index (χ3n) is 3.72. The fourth-order valence-electron chi connectivity index (χ4n) is 2.36. The Morgan fingerprint density at radius 2 is 1.84 bits per heavy atom. The van der Waals surface area contributed by atoms with Crippen LogP contribution in [0.25, 0.3) is 0 Å². The van der Waals surface area contributed by atoms with E-state index in [1.165, 1.54) is 19.2 Å². The van der Waals surface area contributed by atoms with Crippen LogP contribution in [0.3, 0.4) is 0 Å². The molecule has 3 N–H and O–H groups in total. The van der Waals surface area contributed by atoms with Crippen LogP contribution in [0.5, 0.6) is 5.75 Å². The highest BCUT2D eigenvalue weighted by Gasteiger charge is 2.16. The minimum absolute atomic E-state index is 0.0240. The lowest BCUT2D eigenvalue weighted by Gasteiger charge is -2.13. The summed E-state index contributed by atoms with van der Waals surface area (Å²) in [6.07, 6.45) is 2.05. The maximum atomic E-state index is 12.6. The Balaban J connectivity index is 2.24. The predicted molar refractivity (Wildman–Crippen MR) is 97.7 cm³/mol. The fourth-order valence-corrected chi connectivity index (χ4v) is 2.36. The molecule has 25 heavy (non-hydrogen) atoms. The Morgan fingerprint density at radius 1 is 1.08 bits per heavy atom. The molecule has 0 bridgehead atoms. The van der Waals surface area contributed by atoms with Gasteiger partial charge in [-0.2, -0.15) is 0 Å². The van der Waals surface area contributed by atoms with Crippen molar-refractivity contribution >= 4 is 23.3 Å². The van der Waals surface area contributed by atoms with Gasteiger partial charge >= 0.3 is 5.97 Å². The third-order valence-corrected chi connectivity index (χ3v) is 3.72. The summed E-state index contributed by atoms with van der Waals surface area (Å²) in [7, 11) is 1.46. The summed E-state index contributed by atoms with van der Waals surface area (Å²) < 4.78 is 5.04. The maximum Gasteiger partial charge on any atom is 0.337 e. The molecule has 6 nitrogen and oxygen atoms in total. The molecule has 0 aromatic heterocycles. The smallest absolute Gasteiger partial charge is 0.337 e. The van der Waals surface area contributed by atoms with Crippen molar-refractivity contribution in [3.05, 3.63) is 53.6 Å². The number of anilines is 2. The van der Waals surface area contributed by atoms with E-state index in [0.717, 1.165) is 25.1 Å². The van der Waals surface area contributed by atoms with E-state index >= 15 is 0 Å². The Hall–Kier alpha value is -3.02. The zero-order valence-corrected chi connectivity index (χ0v) is 14.3. The van der Waals surface area contributed by atoms with Crippen molar-refractivity contribution in [2.24, 2.45) is 0 Å². The van der Waals surface area contributed by atoms with Gasteiger partial charge in [-0.1, -0.05) is 25.5 Å². The largest absolute Gasteiger partial charge is 0.497 e. The Kier molecular flexibility index (Phi) is 6.39. The van der Waals surface area contributed by atoms with Gasteiger partial charge in [-0.05, 0) is 36.8 Å². The van der Waals surface area contributed by atoms with Crippen LogP contribution in [0.4, 0.5) is 11.4 Å². The van der Waals surface area contributed by atoms with Crippen molar-refractivity contribution in [3.8, 4) is 5.75 Å². The van der Waals surface area contributed by atoms with E-state index < -0.39 is 5.97 Å². The quantitative estimate of drug-likeness (QED) is 0.634. The number of nitrogens with one attached hydrogen (secondary N) is 2. The third kappa shape index (κ3) is 4.73. The monoisotopic (exact) mass is 342 g/mol. The number of carboxylic acids is 1. The summed E-state index contributed by atoms with van der Waals surface area (Å²) in [4.78, 5) is 24.1. The van der Waals surface area contributed by atoms with Crippen LogP contribution in [-0.2, 0) is 0 Å². The first-order valence-corrected chi connectivity index (χ1v) is 8.12. The molecule has 2 aromatic carbocycles. The van der Waals surface area contributed by atoms with Gasteiger partial charge in [-0.25, -0.2) is 4.79 Å². The van der Waals surface area contributed by atoms with E-state index in [0.29, 0.717) is 11.3 Å². The Morgan fingerprint density at radius 3 is 2.52 bits per heavy atom. The average Bonchev–Trinajstić information content (AvgIpc) is 2.62. The zero-order chi connectivity index (χ0) is 18.2. The summed E-state index contributed by atoms with van der Waals surface area (Å²) in [5, 5.41) is 15.3. The molecule has 2 rings (SSSR count). The van der Waals surface area contributed by atoms with Crippen molar-refractivity contribution in [3.63, 3.8) is 0 Å². The zero-order valence-electron chi connectivity index (χ0n) is 14.3. The van der Waals surface area contributed by atoms with Crippen LogP contribution in [0.1, 0.15) is 40.5 Å². The lowest BCUT2D eigenvalue weighted by molar-refractivity contribution is 0.0697. The molecule has 0 aliphatic rings. The minimum atomic E-state index is -1.14. The van der Waals surface area contributed by atoms with Gasteiger partial charge in [-0.15, -0.1) is 0 Å². The van der Waals surface area contributed by atoms with E-state index in [4.69, 9.17) is 4.74 Å². The number of benzene rings is 2. The number of aromatic carboxylic acids is 1. The molecular weight excluding hydrogens is 320 g/mol. The summed E-state index contributed by atoms with van der Waals surface area (Å²) in [5.74, 6) is -1.09. The lowest BCUT2D eigenvalue weighted by Crippen LogP contribution is -2.17. The number of unbranched alkanes of at least 4 members (excludes halogenated alkanes) is 1. The topological polar surface area (TPSA) is 87.7 Å². The SMILES string of the molecule is CCCCNc1ccccc1C(=O)Nc1ccc(OC)cc1C(=O)O. The molecule has 0 radical (unpaired) electrons. The highest BCUT2D eigenvalue weighted by Crippen LogP contribution is 2.24. The number of carbonyl (C=O) groups excluding carboxylic acids is 1. The van der Waals surface area contributed by atoms with Crippen LogP contribution >= 0.6 is 0 Å². The van der Waals surface area contributed by atoms with Gasteiger partial charge in [-0.3, -0.25) is 4.79 Å². The number of methoxy groups -OCH3 is 1. The number of carboxylic acid groups (broad SMARTS) is 1. The molecule has 0 unspecified atom stereocenters. The molecule has 0 atom stereocenters. The molecule has 1 amide bonds. The highest BCUT2D eigenvalue weighted by atomic mass is 16.5. The Labute approximate surface area is 146 Å². The first-order valence-electron chi connectivity index (χ1n) is 8.12. The van der Waals surface area contributed by atoms with Crippen LogP contribution in [0, 0.1) is 0 Å². The summed E-state index contributed by atoms with van der Waals surface area (Å²) in [6, 6.07) is 11.7. The minimum Gasteiger partial charge on any atom is -0.497 e. The summed E-state index contributed by atoms with van der Waals surface area (Å²) in [6.45, 7) is 2.86. The van der Waals surface area contributed by atoms with Crippen LogP contribution < -0.4 is 15.4 Å². The van der Waals surface area contributed by atoms with Gasteiger partial charge in [0.25, 0.3) is 5.91 Å². The van der Waals surface area contributed by atoms with Crippen LogP contribution in [0.2, 0.25) is 0 Å². The molecule has 0 saturated heterocycles. The number of hydrogen-bond donors (Lipinski definition) is 3. The molecule has 0 saturated carbocycles. The second-order valence-corrected chi connectivity index (χ2v) is 5.50. The van der Waals surface area contributed by atoms with E-state index in [2.05, 4.69) is 17.6 Å². The maximum absolute atomic E-state index is 12.6.